The molecule has 0 spiro atoms. The minimum atomic E-state index is -0.259. The van der Waals surface area contributed by atoms with Gasteiger partial charge in [0.05, 0.1) is 6.61 Å². The van der Waals surface area contributed by atoms with Crippen molar-refractivity contribution in [3.05, 3.63) is 35.4 Å². The Bertz CT molecular complexity index is 449. The quantitative estimate of drug-likeness (QED) is 0.311. The molecule has 0 aliphatic rings. The van der Waals surface area contributed by atoms with Crippen molar-refractivity contribution in [1.82, 2.24) is 0 Å². The average Bonchev–Trinajstić information content (AvgIpc) is 2.55. The number of Topliss-reactive ketones (excluding diaryl/α,β-unsaturated/α-hetero) is 1. The molecule has 1 rings (SSSR count). The molecule has 0 saturated carbocycles. The minimum absolute atomic E-state index is 0.220. The number of hydrogen-bond donors (Lipinski definition) is 0. The second-order valence-corrected chi connectivity index (χ2v) is 6.08. The molecule has 0 saturated heterocycles. The highest BCUT2D eigenvalue weighted by atomic mass is 16.5. The van der Waals surface area contributed by atoms with Gasteiger partial charge in [-0.05, 0) is 12.0 Å². The first-order chi connectivity index (χ1) is 11.5. The first-order valence-corrected chi connectivity index (χ1v) is 9.30. The van der Waals surface area contributed by atoms with Gasteiger partial charge in [0.15, 0.2) is 5.78 Å². The summed E-state index contributed by atoms with van der Waals surface area (Å²) in [4.78, 5) is 22.7. The van der Waals surface area contributed by atoms with E-state index in [2.05, 4.69) is 20.8 Å². The summed E-state index contributed by atoms with van der Waals surface area (Å²) >= 11 is 0. The molecule has 0 amide bonds. The molecule has 0 aliphatic heterocycles. The smallest absolute Gasteiger partial charge is 0.302 e. The highest BCUT2D eigenvalue weighted by Gasteiger charge is 2.05. The third kappa shape index (κ3) is 11.9. The van der Waals surface area contributed by atoms with Gasteiger partial charge >= 0.3 is 5.97 Å². The van der Waals surface area contributed by atoms with E-state index < -0.39 is 0 Å². The summed E-state index contributed by atoms with van der Waals surface area (Å²) in [5.41, 5.74) is 1.86. The van der Waals surface area contributed by atoms with Gasteiger partial charge in [-0.1, -0.05) is 77.1 Å². The molecular weight excluding hydrogens is 300 g/mol. The summed E-state index contributed by atoms with van der Waals surface area (Å²) in [6.45, 7) is 8.23. The fourth-order valence-corrected chi connectivity index (χ4v) is 2.20. The molecule has 0 heterocycles. The second-order valence-electron chi connectivity index (χ2n) is 6.08. The van der Waals surface area contributed by atoms with Crippen molar-refractivity contribution in [2.45, 2.75) is 79.1 Å². The lowest BCUT2D eigenvalue weighted by molar-refractivity contribution is -0.140. The van der Waals surface area contributed by atoms with Crippen molar-refractivity contribution in [3.63, 3.8) is 0 Å². The van der Waals surface area contributed by atoms with E-state index in [4.69, 9.17) is 4.74 Å². The zero-order valence-electron chi connectivity index (χ0n) is 15.9. The van der Waals surface area contributed by atoms with Crippen molar-refractivity contribution in [3.8, 4) is 0 Å². The van der Waals surface area contributed by atoms with Gasteiger partial charge in [-0.3, -0.25) is 9.59 Å². The van der Waals surface area contributed by atoms with E-state index >= 15 is 0 Å². The van der Waals surface area contributed by atoms with Crippen molar-refractivity contribution < 1.29 is 14.3 Å². The van der Waals surface area contributed by atoms with Crippen LogP contribution >= 0.6 is 0 Å². The summed E-state index contributed by atoms with van der Waals surface area (Å²) in [7, 11) is 0. The van der Waals surface area contributed by atoms with Gasteiger partial charge in [-0.25, -0.2) is 0 Å². The summed E-state index contributed by atoms with van der Waals surface area (Å²) in [6.07, 6.45) is 8.39. The highest BCUT2D eigenvalue weighted by molar-refractivity contribution is 5.96. The highest BCUT2D eigenvalue weighted by Crippen LogP contribution is 2.11. The number of rotatable bonds is 10. The van der Waals surface area contributed by atoms with E-state index in [1.54, 1.807) is 0 Å². The number of carbonyl (C=O) groups excluding carboxylic acids is 2. The molecule has 1 aromatic carbocycles. The zero-order valence-corrected chi connectivity index (χ0v) is 15.9. The Kier molecular flexibility index (Phi) is 13.9. The Morgan fingerprint density at radius 1 is 0.917 bits per heavy atom. The standard InChI is InChI=1S/C18H26O3.C3H8/c1-3-4-5-6-7-8-18(20)17-11-9-16(10-12-17)13-14-21-15(2)19;1-3-2/h9-12H,3-8,13-14H2,1-2H3;3H2,1-2H3. The van der Waals surface area contributed by atoms with Crippen LogP contribution in [0.1, 0.15) is 88.6 Å². The van der Waals surface area contributed by atoms with Gasteiger partial charge in [0.25, 0.3) is 0 Å². The Morgan fingerprint density at radius 3 is 2.04 bits per heavy atom. The normalized spacial score (nSPS) is 9.83. The van der Waals surface area contributed by atoms with Gasteiger partial charge in [-0.2, -0.15) is 0 Å². The Hall–Kier alpha value is -1.64. The minimum Gasteiger partial charge on any atom is -0.466 e. The van der Waals surface area contributed by atoms with Crippen LogP contribution in [0.5, 0.6) is 0 Å². The Labute approximate surface area is 147 Å². The lowest BCUT2D eigenvalue weighted by atomic mass is 10.0. The summed E-state index contributed by atoms with van der Waals surface area (Å²) in [5, 5.41) is 0. The van der Waals surface area contributed by atoms with Gasteiger partial charge < -0.3 is 4.74 Å². The first-order valence-electron chi connectivity index (χ1n) is 9.30. The largest absolute Gasteiger partial charge is 0.466 e. The van der Waals surface area contributed by atoms with E-state index in [9.17, 15) is 9.59 Å². The molecule has 1 aromatic rings. The monoisotopic (exact) mass is 334 g/mol. The fraction of sp³-hybridized carbons (Fsp3) is 0.619. The van der Waals surface area contributed by atoms with E-state index in [0.717, 1.165) is 24.0 Å². The maximum Gasteiger partial charge on any atom is 0.302 e. The van der Waals surface area contributed by atoms with Crippen LogP contribution in [-0.2, 0) is 16.0 Å². The molecule has 0 fully saturated rings. The van der Waals surface area contributed by atoms with Crippen LogP contribution in [0.4, 0.5) is 0 Å². The van der Waals surface area contributed by atoms with E-state index in [1.807, 2.05) is 24.3 Å². The number of unbranched alkanes of at least 4 members (excludes halogenated alkanes) is 4. The molecule has 0 N–H and O–H groups in total. The first kappa shape index (κ1) is 22.4. The molecular formula is C21H34O3. The van der Waals surface area contributed by atoms with Crippen molar-refractivity contribution in [1.29, 1.82) is 0 Å². The lowest BCUT2D eigenvalue weighted by Crippen LogP contribution is -2.04. The predicted molar refractivity (Wildman–Crippen MR) is 100 cm³/mol. The fourth-order valence-electron chi connectivity index (χ4n) is 2.20. The van der Waals surface area contributed by atoms with Crippen LogP contribution in [0.3, 0.4) is 0 Å². The van der Waals surface area contributed by atoms with Gasteiger partial charge in [-0.15, -0.1) is 0 Å². The molecule has 0 radical (unpaired) electrons. The van der Waals surface area contributed by atoms with E-state index in [-0.39, 0.29) is 11.8 Å². The number of ether oxygens (including phenoxy) is 1. The summed E-state index contributed by atoms with van der Waals surface area (Å²) < 4.78 is 4.90. The van der Waals surface area contributed by atoms with Crippen LogP contribution in [0.25, 0.3) is 0 Å². The summed E-state index contributed by atoms with van der Waals surface area (Å²) in [5.74, 6) is -0.0390. The second kappa shape index (κ2) is 14.9. The topological polar surface area (TPSA) is 43.4 Å². The zero-order chi connectivity index (χ0) is 18.2. The Balaban J connectivity index is 0.00000163. The third-order valence-corrected chi connectivity index (χ3v) is 3.48. The Morgan fingerprint density at radius 2 is 1.50 bits per heavy atom. The van der Waals surface area contributed by atoms with Crippen LogP contribution in [-0.4, -0.2) is 18.4 Å². The van der Waals surface area contributed by atoms with Crippen LogP contribution in [0, 0.1) is 0 Å². The van der Waals surface area contributed by atoms with Crippen molar-refractivity contribution in [2.75, 3.05) is 6.61 Å². The molecule has 24 heavy (non-hydrogen) atoms. The SMILES string of the molecule is CCC.CCCCCCCC(=O)c1ccc(CCOC(C)=O)cc1. The maximum atomic E-state index is 12.0. The number of hydrogen-bond acceptors (Lipinski definition) is 3. The van der Waals surface area contributed by atoms with Gasteiger partial charge in [0.1, 0.15) is 0 Å². The van der Waals surface area contributed by atoms with Crippen LogP contribution in [0.15, 0.2) is 24.3 Å². The van der Waals surface area contributed by atoms with Crippen LogP contribution in [0.2, 0.25) is 0 Å². The number of esters is 1. The molecule has 0 atom stereocenters. The summed E-state index contributed by atoms with van der Waals surface area (Å²) in [6, 6.07) is 7.62. The van der Waals surface area contributed by atoms with Gasteiger partial charge in [0.2, 0.25) is 0 Å². The molecule has 136 valence electrons. The third-order valence-electron chi connectivity index (χ3n) is 3.48. The number of benzene rings is 1. The van der Waals surface area contributed by atoms with Gasteiger partial charge in [0, 0.05) is 25.3 Å². The molecule has 0 aromatic heterocycles. The number of carbonyl (C=O) groups is 2. The van der Waals surface area contributed by atoms with Crippen LogP contribution < -0.4 is 0 Å². The van der Waals surface area contributed by atoms with E-state index in [0.29, 0.717) is 19.4 Å². The molecule has 0 unspecified atom stereocenters. The lowest BCUT2D eigenvalue weighted by Gasteiger charge is -2.05. The molecule has 0 bridgehead atoms. The predicted octanol–water partition coefficient (Wildman–Crippen LogP) is 5.75. The molecule has 3 heteroatoms. The van der Waals surface area contributed by atoms with E-state index in [1.165, 1.54) is 32.6 Å². The number of ketones is 1. The maximum absolute atomic E-state index is 12.0. The molecule has 3 nitrogen and oxygen atoms in total. The average molecular weight is 335 g/mol. The van der Waals surface area contributed by atoms with Crippen molar-refractivity contribution >= 4 is 11.8 Å². The van der Waals surface area contributed by atoms with Crippen molar-refractivity contribution in [2.24, 2.45) is 0 Å². The molecule has 0 aliphatic carbocycles.